The van der Waals surface area contributed by atoms with E-state index in [2.05, 4.69) is 18.7 Å². The highest BCUT2D eigenvalue weighted by Crippen LogP contribution is 2.19. The first-order valence-corrected chi connectivity index (χ1v) is 6.25. The molecule has 1 fully saturated rings. The van der Waals surface area contributed by atoms with Crippen LogP contribution in [0.25, 0.3) is 0 Å². The normalized spacial score (nSPS) is 17.6. The van der Waals surface area contributed by atoms with E-state index in [0.717, 1.165) is 31.9 Å². The Balaban J connectivity index is 2.10. The molecule has 0 aromatic heterocycles. The fourth-order valence-electron chi connectivity index (χ4n) is 2.08. The Hall–Kier alpha value is -0.930. The Bertz CT molecular complexity index is 372. The van der Waals surface area contributed by atoms with Crippen LogP contribution in [0, 0.1) is 5.82 Å². The van der Waals surface area contributed by atoms with Crippen molar-refractivity contribution in [1.29, 1.82) is 0 Å². The van der Waals surface area contributed by atoms with Crippen LogP contribution in [0.3, 0.4) is 0 Å². The zero-order valence-electron chi connectivity index (χ0n) is 10.6. The summed E-state index contributed by atoms with van der Waals surface area (Å²) in [4.78, 5) is 2.24. The predicted molar refractivity (Wildman–Crippen MR) is 66.6 cm³/mol. The molecule has 1 aliphatic heterocycles. The molecular formula is C14H20FNO. The largest absolute Gasteiger partial charge is 0.379 e. The van der Waals surface area contributed by atoms with Crippen molar-refractivity contribution in [3.05, 3.63) is 35.1 Å². The van der Waals surface area contributed by atoms with Gasteiger partial charge in [0.25, 0.3) is 0 Å². The number of benzene rings is 1. The molecule has 1 heterocycles. The van der Waals surface area contributed by atoms with Crippen LogP contribution in [0.4, 0.5) is 4.39 Å². The van der Waals surface area contributed by atoms with Crippen LogP contribution in [0.5, 0.6) is 0 Å². The maximum Gasteiger partial charge on any atom is 0.127 e. The summed E-state index contributed by atoms with van der Waals surface area (Å²) in [6.45, 7) is 8.25. The number of hydrogen-bond acceptors (Lipinski definition) is 2. The van der Waals surface area contributed by atoms with Gasteiger partial charge in [-0.3, -0.25) is 4.90 Å². The first-order valence-electron chi connectivity index (χ1n) is 6.25. The highest BCUT2D eigenvalue weighted by atomic mass is 19.1. The van der Waals surface area contributed by atoms with Gasteiger partial charge in [-0.25, -0.2) is 4.39 Å². The summed E-state index contributed by atoms with van der Waals surface area (Å²) in [7, 11) is 0. The molecule has 1 aromatic rings. The van der Waals surface area contributed by atoms with Gasteiger partial charge in [0, 0.05) is 25.2 Å². The van der Waals surface area contributed by atoms with Gasteiger partial charge in [-0.2, -0.15) is 0 Å². The quantitative estimate of drug-likeness (QED) is 0.801. The molecular weight excluding hydrogens is 217 g/mol. The lowest BCUT2D eigenvalue weighted by Gasteiger charge is -2.27. The molecule has 0 radical (unpaired) electrons. The topological polar surface area (TPSA) is 12.5 Å². The lowest BCUT2D eigenvalue weighted by atomic mass is 10.0. The van der Waals surface area contributed by atoms with Crippen LogP contribution in [0.1, 0.15) is 30.9 Å². The lowest BCUT2D eigenvalue weighted by molar-refractivity contribution is 0.0337. The second kappa shape index (κ2) is 5.61. The number of hydrogen-bond donors (Lipinski definition) is 0. The number of ether oxygens (including phenoxy) is 1. The third-order valence-corrected chi connectivity index (χ3v) is 3.23. The Morgan fingerprint density at radius 2 is 2.00 bits per heavy atom. The third-order valence-electron chi connectivity index (χ3n) is 3.23. The number of nitrogens with zero attached hydrogens (tertiary/aromatic N) is 1. The Morgan fingerprint density at radius 3 is 2.65 bits per heavy atom. The second-order valence-electron chi connectivity index (χ2n) is 4.89. The molecule has 0 atom stereocenters. The molecule has 2 nitrogen and oxygen atoms in total. The molecule has 0 bridgehead atoms. The highest BCUT2D eigenvalue weighted by Gasteiger charge is 2.13. The molecule has 0 saturated carbocycles. The van der Waals surface area contributed by atoms with Gasteiger partial charge < -0.3 is 4.74 Å². The highest BCUT2D eigenvalue weighted by molar-refractivity contribution is 5.27. The number of morpholine rings is 1. The molecule has 1 aliphatic rings. The van der Waals surface area contributed by atoms with Crippen LogP contribution in [0.15, 0.2) is 18.2 Å². The van der Waals surface area contributed by atoms with E-state index >= 15 is 0 Å². The molecule has 0 aliphatic carbocycles. The van der Waals surface area contributed by atoms with Crippen LogP contribution >= 0.6 is 0 Å². The van der Waals surface area contributed by atoms with E-state index in [0.29, 0.717) is 12.5 Å². The minimum absolute atomic E-state index is 0.0964. The first kappa shape index (κ1) is 12.5. The van der Waals surface area contributed by atoms with Gasteiger partial charge in [-0.05, 0) is 17.5 Å². The van der Waals surface area contributed by atoms with E-state index < -0.39 is 0 Å². The maximum absolute atomic E-state index is 13.7. The SMILES string of the molecule is CC(C)c1ccc(F)c(CN2CCOCC2)c1. The van der Waals surface area contributed by atoms with Crippen LogP contribution in [0.2, 0.25) is 0 Å². The van der Waals surface area contributed by atoms with Crippen molar-refractivity contribution in [2.45, 2.75) is 26.3 Å². The Morgan fingerprint density at radius 1 is 1.29 bits per heavy atom. The van der Waals surface area contributed by atoms with Crippen molar-refractivity contribution in [2.75, 3.05) is 26.3 Å². The minimum Gasteiger partial charge on any atom is -0.379 e. The molecule has 94 valence electrons. The van der Waals surface area contributed by atoms with E-state index in [4.69, 9.17) is 4.74 Å². The van der Waals surface area contributed by atoms with Crippen molar-refractivity contribution in [3.8, 4) is 0 Å². The van der Waals surface area contributed by atoms with Crippen molar-refractivity contribution in [2.24, 2.45) is 0 Å². The molecule has 17 heavy (non-hydrogen) atoms. The van der Waals surface area contributed by atoms with Gasteiger partial charge in [-0.15, -0.1) is 0 Å². The third kappa shape index (κ3) is 3.27. The van der Waals surface area contributed by atoms with Crippen LogP contribution < -0.4 is 0 Å². The Labute approximate surface area is 102 Å². The summed E-state index contributed by atoms with van der Waals surface area (Å²) in [5.41, 5.74) is 2.01. The monoisotopic (exact) mass is 237 g/mol. The fraction of sp³-hybridized carbons (Fsp3) is 0.571. The zero-order valence-corrected chi connectivity index (χ0v) is 10.6. The van der Waals surface area contributed by atoms with E-state index in [1.165, 1.54) is 5.56 Å². The molecule has 0 N–H and O–H groups in total. The van der Waals surface area contributed by atoms with Gasteiger partial charge >= 0.3 is 0 Å². The standard InChI is InChI=1S/C14H20FNO/c1-11(2)12-3-4-14(15)13(9-12)10-16-5-7-17-8-6-16/h3-4,9,11H,5-8,10H2,1-2H3. The van der Waals surface area contributed by atoms with Gasteiger partial charge in [0.15, 0.2) is 0 Å². The summed E-state index contributed by atoms with van der Waals surface area (Å²) < 4.78 is 19.0. The van der Waals surface area contributed by atoms with Gasteiger partial charge in [0.05, 0.1) is 13.2 Å². The minimum atomic E-state index is -0.0964. The molecule has 2 rings (SSSR count). The first-order chi connectivity index (χ1) is 8.16. The summed E-state index contributed by atoms with van der Waals surface area (Å²) in [5.74, 6) is 0.347. The van der Waals surface area contributed by atoms with E-state index in [-0.39, 0.29) is 5.82 Å². The molecule has 1 saturated heterocycles. The molecule has 0 amide bonds. The Kier molecular flexibility index (Phi) is 4.13. The van der Waals surface area contributed by atoms with Crippen molar-refractivity contribution >= 4 is 0 Å². The summed E-state index contributed by atoms with van der Waals surface area (Å²) in [6, 6.07) is 5.46. The van der Waals surface area contributed by atoms with Crippen molar-refractivity contribution in [3.63, 3.8) is 0 Å². The average Bonchev–Trinajstić information content (AvgIpc) is 2.33. The number of rotatable bonds is 3. The lowest BCUT2D eigenvalue weighted by Crippen LogP contribution is -2.35. The average molecular weight is 237 g/mol. The van der Waals surface area contributed by atoms with E-state index in [1.54, 1.807) is 6.07 Å². The molecule has 1 aromatic carbocycles. The summed E-state index contributed by atoms with van der Waals surface area (Å²) in [5, 5.41) is 0. The molecule has 0 spiro atoms. The van der Waals surface area contributed by atoms with Gasteiger partial charge in [0.2, 0.25) is 0 Å². The van der Waals surface area contributed by atoms with Crippen molar-refractivity contribution < 1.29 is 9.13 Å². The maximum atomic E-state index is 13.7. The second-order valence-corrected chi connectivity index (χ2v) is 4.89. The smallest absolute Gasteiger partial charge is 0.127 e. The van der Waals surface area contributed by atoms with Crippen LogP contribution in [-0.2, 0) is 11.3 Å². The van der Waals surface area contributed by atoms with Gasteiger partial charge in [-0.1, -0.05) is 26.0 Å². The predicted octanol–water partition coefficient (Wildman–Crippen LogP) is 2.78. The zero-order chi connectivity index (χ0) is 12.3. The molecule has 0 unspecified atom stereocenters. The van der Waals surface area contributed by atoms with E-state index in [9.17, 15) is 4.39 Å². The summed E-state index contributed by atoms with van der Waals surface area (Å²) in [6.07, 6.45) is 0. The molecule has 3 heteroatoms. The fourth-order valence-corrected chi connectivity index (χ4v) is 2.08. The van der Waals surface area contributed by atoms with Crippen LogP contribution in [-0.4, -0.2) is 31.2 Å². The van der Waals surface area contributed by atoms with E-state index in [1.807, 2.05) is 12.1 Å². The van der Waals surface area contributed by atoms with Crippen molar-refractivity contribution in [1.82, 2.24) is 4.90 Å². The van der Waals surface area contributed by atoms with Gasteiger partial charge in [0.1, 0.15) is 5.82 Å². The number of halogens is 1. The summed E-state index contributed by atoms with van der Waals surface area (Å²) >= 11 is 0.